The summed E-state index contributed by atoms with van der Waals surface area (Å²) in [5, 5.41) is 0. The zero-order valence-electron chi connectivity index (χ0n) is 19.0. The van der Waals surface area contributed by atoms with Crippen molar-refractivity contribution in [2.75, 3.05) is 56.2 Å². The van der Waals surface area contributed by atoms with E-state index in [1.807, 2.05) is 11.8 Å². The van der Waals surface area contributed by atoms with Gasteiger partial charge in [0.15, 0.2) is 0 Å². The second-order valence-corrected chi connectivity index (χ2v) is 9.66. The molecule has 2 aliphatic rings. The van der Waals surface area contributed by atoms with Gasteiger partial charge in [-0.25, -0.2) is 0 Å². The molecule has 0 aromatic heterocycles. The molecular formula is C27H31N3OS. The van der Waals surface area contributed by atoms with Crippen molar-refractivity contribution in [3.8, 4) is 5.75 Å². The van der Waals surface area contributed by atoms with Gasteiger partial charge in [0.05, 0.1) is 18.5 Å². The smallest absolute Gasteiger partial charge is 0.119 e. The molecule has 32 heavy (non-hydrogen) atoms. The summed E-state index contributed by atoms with van der Waals surface area (Å²) < 4.78 is 5.29. The number of hydrogen-bond acceptors (Lipinski definition) is 5. The molecule has 0 N–H and O–H groups in total. The molecule has 1 saturated heterocycles. The van der Waals surface area contributed by atoms with Crippen molar-refractivity contribution < 1.29 is 4.74 Å². The molecule has 0 aliphatic carbocycles. The van der Waals surface area contributed by atoms with Gasteiger partial charge in [-0.2, -0.15) is 0 Å². The van der Waals surface area contributed by atoms with Gasteiger partial charge in [-0.15, -0.1) is 0 Å². The molecular weight excluding hydrogens is 414 g/mol. The van der Waals surface area contributed by atoms with Gasteiger partial charge in [0.25, 0.3) is 0 Å². The van der Waals surface area contributed by atoms with Crippen molar-refractivity contribution in [1.82, 2.24) is 4.90 Å². The Morgan fingerprint density at radius 1 is 0.812 bits per heavy atom. The lowest BCUT2D eigenvalue weighted by atomic mass is 10.1. The summed E-state index contributed by atoms with van der Waals surface area (Å²) in [7, 11) is 1.72. The first kappa shape index (κ1) is 21.2. The number of hydrogen-bond donors (Lipinski definition) is 0. The van der Waals surface area contributed by atoms with E-state index in [0.29, 0.717) is 0 Å². The van der Waals surface area contributed by atoms with Gasteiger partial charge in [0, 0.05) is 48.2 Å². The molecule has 4 nitrogen and oxygen atoms in total. The minimum absolute atomic E-state index is 0.918. The number of aryl methyl sites for hydroxylation is 1. The van der Waals surface area contributed by atoms with Crippen molar-refractivity contribution in [3.05, 3.63) is 72.3 Å². The third kappa shape index (κ3) is 4.45. The summed E-state index contributed by atoms with van der Waals surface area (Å²) in [5.74, 6) is 0.918. The molecule has 2 heterocycles. The lowest BCUT2D eigenvalue weighted by Crippen LogP contribution is -2.47. The maximum absolute atomic E-state index is 5.29. The van der Waals surface area contributed by atoms with Gasteiger partial charge >= 0.3 is 0 Å². The van der Waals surface area contributed by atoms with Crippen LogP contribution in [0.3, 0.4) is 0 Å². The van der Waals surface area contributed by atoms with Crippen molar-refractivity contribution >= 4 is 28.8 Å². The zero-order valence-corrected chi connectivity index (χ0v) is 19.8. The predicted molar refractivity (Wildman–Crippen MR) is 135 cm³/mol. The van der Waals surface area contributed by atoms with Crippen LogP contribution in [0.5, 0.6) is 5.75 Å². The Labute approximate surface area is 195 Å². The normalized spacial score (nSPS) is 15.9. The van der Waals surface area contributed by atoms with Crippen LogP contribution < -0.4 is 14.5 Å². The first-order chi connectivity index (χ1) is 15.7. The predicted octanol–water partition coefficient (Wildman–Crippen LogP) is 5.82. The number of methoxy groups -OCH3 is 1. The largest absolute Gasteiger partial charge is 0.497 e. The fourth-order valence-electron chi connectivity index (χ4n) is 4.66. The van der Waals surface area contributed by atoms with Crippen LogP contribution in [0, 0.1) is 6.92 Å². The standard InChI is InChI=1S/C27H31N3OS/c1-21-8-13-27-25(20-21)30(24-6-3-4-7-26(24)32-27)15-5-14-28-16-18-29(19-17-28)22-9-11-23(31-2)12-10-22/h3-4,6-13,20H,5,14-19H2,1-2H3. The molecule has 3 aromatic rings. The lowest BCUT2D eigenvalue weighted by Gasteiger charge is -2.37. The molecule has 0 saturated carbocycles. The first-order valence-corrected chi connectivity index (χ1v) is 12.3. The van der Waals surface area contributed by atoms with Crippen LogP contribution in [0.15, 0.2) is 76.5 Å². The molecule has 5 rings (SSSR count). The molecule has 5 heteroatoms. The van der Waals surface area contributed by atoms with Gasteiger partial charge in [-0.3, -0.25) is 4.90 Å². The van der Waals surface area contributed by atoms with E-state index in [2.05, 4.69) is 88.4 Å². The second kappa shape index (κ2) is 9.47. The van der Waals surface area contributed by atoms with E-state index in [-0.39, 0.29) is 0 Å². The Morgan fingerprint density at radius 3 is 2.34 bits per heavy atom. The fourth-order valence-corrected chi connectivity index (χ4v) is 5.73. The van der Waals surface area contributed by atoms with Crippen LogP contribution in [-0.2, 0) is 0 Å². The van der Waals surface area contributed by atoms with Gasteiger partial charge in [-0.1, -0.05) is 30.0 Å². The number of anilines is 3. The summed E-state index contributed by atoms with van der Waals surface area (Å²) in [6.07, 6.45) is 1.16. The van der Waals surface area contributed by atoms with Gasteiger partial charge in [0.2, 0.25) is 0 Å². The van der Waals surface area contributed by atoms with E-state index >= 15 is 0 Å². The average molecular weight is 446 g/mol. The number of ether oxygens (including phenoxy) is 1. The Bertz CT molecular complexity index is 1060. The number of rotatable bonds is 6. The fraction of sp³-hybridized carbons (Fsp3) is 0.333. The van der Waals surface area contributed by atoms with E-state index in [0.717, 1.165) is 51.4 Å². The van der Waals surface area contributed by atoms with E-state index in [1.165, 1.54) is 32.4 Å². The van der Waals surface area contributed by atoms with Crippen LogP contribution in [0.4, 0.5) is 17.1 Å². The Hall–Kier alpha value is -2.63. The highest BCUT2D eigenvalue weighted by atomic mass is 32.2. The second-order valence-electron chi connectivity index (χ2n) is 8.57. The summed E-state index contributed by atoms with van der Waals surface area (Å²) in [5.41, 5.74) is 5.32. The lowest BCUT2D eigenvalue weighted by molar-refractivity contribution is 0.256. The van der Waals surface area contributed by atoms with Crippen molar-refractivity contribution in [1.29, 1.82) is 0 Å². The monoisotopic (exact) mass is 445 g/mol. The van der Waals surface area contributed by atoms with E-state index < -0.39 is 0 Å². The van der Waals surface area contributed by atoms with Gasteiger partial charge in [-0.05, 0) is 74.0 Å². The number of fused-ring (bicyclic) bond motifs is 2. The van der Waals surface area contributed by atoms with E-state index in [1.54, 1.807) is 7.11 Å². The third-order valence-corrected chi connectivity index (χ3v) is 7.58. The number of para-hydroxylation sites is 1. The summed E-state index contributed by atoms with van der Waals surface area (Å²) in [4.78, 5) is 10.3. The Balaban J connectivity index is 1.19. The maximum Gasteiger partial charge on any atom is 0.119 e. The van der Waals surface area contributed by atoms with Crippen LogP contribution in [0.1, 0.15) is 12.0 Å². The van der Waals surface area contributed by atoms with Crippen LogP contribution >= 0.6 is 11.8 Å². The maximum atomic E-state index is 5.29. The molecule has 1 fully saturated rings. The van der Waals surface area contributed by atoms with Crippen LogP contribution in [0.2, 0.25) is 0 Å². The van der Waals surface area contributed by atoms with Gasteiger partial charge < -0.3 is 14.5 Å². The SMILES string of the molecule is COc1ccc(N2CCN(CCCN3c4ccccc4Sc4ccc(C)cc43)CC2)cc1. The van der Waals surface area contributed by atoms with Crippen molar-refractivity contribution in [3.63, 3.8) is 0 Å². The third-order valence-electron chi connectivity index (χ3n) is 6.45. The van der Waals surface area contributed by atoms with Crippen molar-refractivity contribution in [2.45, 2.75) is 23.1 Å². The molecule has 0 radical (unpaired) electrons. The molecule has 0 spiro atoms. The first-order valence-electron chi connectivity index (χ1n) is 11.5. The molecule has 166 valence electrons. The molecule has 0 unspecified atom stereocenters. The van der Waals surface area contributed by atoms with E-state index in [4.69, 9.17) is 4.74 Å². The molecule has 0 bridgehead atoms. The van der Waals surface area contributed by atoms with Crippen LogP contribution in [-0.4, -0.2) is 51.3 Å². The molecule has 3 aromatic carbocycles. The highest BCUT2D eigenvalue weighted by Gasteiger charge is 2.23. The zero-order chi connectivity index (χ0) is 21.9. The minimum Gasteiger partial charge on any atom is -0.497 e. The summed E-state index contributed by atoms with van der Waals surface area (Å²) in [6, 6.07) is 24.1. The average Bonchev–Trinajstić information content (AvgIpc) is 2.84. The Morgan fingerprint density at radius 2 is 1.56 bits per heavy atom. The highest BCUT2D eigenvalue weighted by Crippen LogP contribution is 2.48. The van der Waals surface area contributed by atoms with Crippen molar-refractivity contribution in [2.24, 2.45) is 0 Å². The molecule has 2 aliphatic heterocycles. The summed E-state index contributed by atoms with van der Waals surface area (Å²) >= 11 is 1.89. The number of nitrogens with zero attached hydrogens (tertiary/aromatic N) is 3. The van der Waals surface area contributed by atoms with Gasteiger partial charge in [0.1, 0.15) is 5.75 Å². The van der Waals surface area contributed by atoms with Crippen LogP contribution in [0.25, 0.3) is 0 Å². The number of benzene rings is 3. The minimum atomic E-state index is 0.918. The highest BCUT2D eigenvalue weighted by molar-refractivity contribution is 7.99. The van der Waals surface area contributed by atoms with E-state index in [9.17, 15) is 0 Å². The topological polar surface area (TPSA) is 19.0 Å². The molecule has 0 atom stereocenters. The Kier molecular flexibility index (Phi) is 6.28. The number of piperazine rings is 1. The molecule has 0 amide bonds. The summed E-state index contributed by atoms with van der Waals surface area (Å²) in [6.45, 7) is 8.78. The quantitative estimate of drug-likeness (QED) is 0.475.